The van der Waals surface area contributed by atoms with Gasteiger partial charge in [-0.15, -0.1) is 0 Å². The van der Waals surface area contributed by atoms with E-state index in [2.05, 4.69) is 13.8 Å². The summed E-state index contributed by atoms with van der Waals surface area (Å²) in [5, 5.41) is 9.47. The number of aromatic carboxylic acids is 1. The van der Waals surface area contributed by atoms with Crippen molar-refractivity contribution in [1.82, 2.24) is 0 Å². The Kier molecular flexibility index (Phi) is 3.91. The van der Waals surface area contributed by atoms with E-state index in [9.17, 15) is 9.90 Å². The molecule has 2 aromatic rings. The Morgan fingerprint density at radius 3 is 2.32 bits per heavy atom. The lowest BCUT2D eigenvalue weighted by Gasteiger charge is -2.15. The van der Waals surface area contributed by atoms with E-state index < -0.39 is 5.97 Å². The summed E-state index contributed by atoms with van der Waals surface area (Å²) in [6.45, 7) is 4.14. The first-order valence-electron chi connectivity index (χ1n) is 6.13. The highest BCUT2D eigenvalue weighted by atomic mass is 35.5. The number of hydrogen-bond donors (Lipinski definition) is 1. The Morgan fingerprint density at radius 1 is 1.16 bits per heavy atom. The van der Waals surface area contributed by atoms with E-state index in [0.717, 1.165) is 16.7 Å². The van der Waals surface area contributed by atoms with Gasteiger partial charge >= 0.3 is 5.97 Å². The van der Waals surface area contributed by atoms with E-state index in [0.29, 0.717) is 0 Å². The van der Waals surface area contributed by atoms with E-state index in [1.165, 1.54) is 0 Å². The normalized spacial score (nSPS) is 10.7. The number of carbonyl (C=O) groups is 1. The summed E-state index contributed by atoms with van der Waals surface area (Å²) in [6, 6.07) is 13.2. The lowest BCUT2D eigenvalue weighted by molar-refractivity contribution is 0.0697. The monoisotopic (exact) mass is 274 g/mol. The number of carboxylic acid groups (broad SMARTS) is 1. The van der Waals surface area contributed by atoms with Gasteiger partial charge in [0.2, 0.25) is 0 Å². The molecule has 0 aliphatic rings. The van der Waals surface area contributed by atoms with Gasteiger partial charge in [-0.3, -0.25) is 0 Å². The van der Waals surface area contributed by atoms with E-state index in [1.807, 2.05) is 30.3 Å². The van der Waals surface area contributed by atoms with Crippen molar-refractivity contribution in [2.45, 2.75) is 19.8 Å². The summed E-state index contributed by atoms with van der Waals surface area (Å²) in [5.41, 5.74) is 3.13. The minimum atomic E-state index is -1.00. The van der Waals surface area contributed by atoms with Gasteiger partial charge in [0.1, 0.15) is 0 Å². The molecule has 0 saturated heterocycles. The zero-order valence-electron chi connectivity index (χ0n) is 10.9. The topological polar surface area (TPSA) is 37.3 Å². The van der Waals surface area contributed by atoms with Crippen molar-refractivity contribution in [2.75, 3.05) is 0 Å². The van der Waals surface area contributed by atoms with Gasteiger partial charge in [-0.05, 0) is 34.7 Å². The molecule has 0 aromatic heterocycles. The van der Waals surface area contributed by atoms with Gasteiger partial charge in [0.15, 0.2) is 0 Å². The van der Waals surface area contributed by atoms with Crippen molar-refractivity contribution >= 4 is 17.6 Å². The maximum Gasteiger partial charge on any atom is 0.337 e. The van der Waals surface area contributed by atoms with Crippen LogP contribution in [0.25, 0.3) is 11.1 Å². The smallest absolute Gasteiger partial charge is 0.337 e. The molecular weight excluding hydrogens is 260 g/mol. The van der Waals surface area contributed by atoms with E-state index >= 15 is 0 Å². The van der Waals surface area contributed by atoms with Crippen LogP contribution in [-0.4, -0.2) is 11.1 Å². The highest BCUT2D eigenvalue weighted by Crippen LogP contribution is 2.33. The average molecular weight is 275 g/mol. The van der Waals surface area contributed by atoms with Crippen molar-refractivity contribution in [3.05, 3.63) is 58.6 Å². The fourth-order valence-corrected chi connectivity index (χ4v) is 2.35. The molecule has 98 valence electrons. The van der Waals surface area contributed by atoms with E-state index in [4.69, 9.17) is 11.6 Å². The third-order valence-corrected chi connectivity index (χ3v) is 3.39. The van der Waals surface area contributed by atoms with Crippen LogP contribution in [0.3, 0.4) is 0 Å². The number of carboxylic acids is 1. The Bertz CT molecular complexity index is 604. The van der Waals surface area contributed by atoms with Crippen LogP contribution in [0.2, 0.25) is 5.02 Å². The lowest BCUT2D eigenvalue weighted by Crippen LogP contribution is -2.01. The summed E-state index contributed by atoms with van der Waals surface area (Å²) in [5.74, 6) is -0.729. The van der Waals surface area contributed by atoms with Crippen LogP contribution in [0, 0.1) is 0 Å². The summed E-state index contributed by atoms with van der Waals surface area (Å²) >= 11 is 6.05. The zero-order chi connectivity index (χ0) is 14.0. The number of hydrogen-bond acceptors (Lipinski definition) is 1. The highest BCUT2D eigenvalue weighted by molar-refractivity contribution is 6.33. The van der Waals surface area contributed by atoms with Crippen LogP contribution >= 0.6 is 11.6 Å². The number of rotatable bonds is 3. The van der Waals surface area contributed by atoms with Gasteiger partial charge in [-0.25, -0.2) is 4.79 Å². The predicted octanol–water partition coefficient (Wildman–Crippen LogP) is 4.83. The average Bonchev–Trinajstić information content (AvgIpc) is 2.38. The van der Waals surface area contributed by atoms with Crippen molar-refractivity contribution in [1.29, 1.82) is 0 Å². The molecule has 0 aliphatic heterocycles. The summed E-state index contributed by atoms with van der Waals surface area (Å²) in [4.78, 5) is 11.2. The molecule has 0 radical (unpaired) electrons. The van der Waals surface area contributed by atoms with Crippen molar-refractivity contribution < 1.29 is 9.90 Å². The Labute approximate surface area is 117 Å². The van der Waals surface area contributed by atoms with Gasteiger partial charge in [0.05, 0.1) is 10.6 Å². The molecule has 0 unspecified atom stereocenters. The standard InChI is InChI=1S/C16H15ClO2/c1-10(2)12-9-15(17)14(16(18)19)8-13(12)11-6-4-3-5-7-11/h3-10H,1-2H3,(H,18,19). The largest absolute Gasteiger partial charge is 0.478 e. The quantitative estimate of drug-likeness (QED) is 0.870. The molecule has 3 heteroatoms. The summed E-state index contributed by atoms with van der Waals surface area (Å²) in [6.07, 6.45) is 0. The first-order valence-corrected chi connectivity index (χ1v) is 6.50. The van der Waals surface area contributed by atoms with Crippen molar-refractivity contribution in [3.8, 4) is 11.1 Å². The molecule has 19 heavy (non-hydrogen) atoms. The fraction of sp³-hybridized carbons (Fsp3) is 0.188. The summed E-state index contributed by atoms with van der Waals surface area (Å²) in [7, 11) is 0. The SMILES string of the molecule is CC(C)c1cc(Cl)c(C(=O)O)cc1-c1ccccc1. The highest BCUT2D eigenvalue weighted by Gasteiger charge is 2.16. The predicted molar refractivity (Wildman–Crippen MR) is 77.9 cm³/mol. The first kappa shape index (κ1) is 13.6. The van der Waals surface area contributed by atoms with Crippen molar-refractivity contribution in [3.63, 3.8) is 0 Å². The van der Waals surface area contributed by atoms with Crippen LogP contribution in [0.4, 0.5) is 0 Å². The van der Waals surface area contributed by atoms with Gasteiger partial charge in [0, 0.05) is 0 Å². The number of benzene rings is 2. The molecule has 0 heterocycles. The van der Waals surface area contributed by atoms with Crippen LogP contribution in [0.5, 0.6) is 0 Å². The van der Waals surface area contributed by atoms with Crippen LogP contribution in [0.15, 0.2) is 42.5 Å². The van der Waals surface area contributed by atoms with Gasteiger partial charge < -0.3 is 5.11 Å². The molecule has 0 bridgehead atoms. The Hall–Kier alpha value is -1.80. The van der Waals surface area contributed by atoms with Crippen LogP contribution in [0.1, 0.15) is 35.7 Å². The summed E-state index contributed by atoms with van der Waals surface area (Å²) < 4.78 is 0. The van der Waals surface area contributed by atoms with Gasteiger partial charge in [-0.1, -0.05) is 55.8 Å². The fourth-order valence-electron chi connectivity index (χ4n) is 2.10. The van der Waals surface area contributed by atoms with E-state index in [-0.39, 0.29) is 16.5 Å². The molecule has 2 aromatic carbocycles. The molecule has 0 amide bonds. The molecule has 0 atom stereocenters. The maximum atomic E-state index is 11.2. The minimum Gasteiger partial charge on any atom is -0.478 e. The minimum absolute atomic E-state index is 0.143. The van der Waals surface area contributed by atoms with Crippen LogP contribution in [-0.2, 0) is 0 Å². The first-order chi connectivity index (χ1) is 9.00. The van der Waals surface area contributed by atoms with Gasteiger partial charge in [-0.2, -0.15) is 0 Å². The lowest BCUT2D eigenvalue weighted by atomic mass is 9.91. The van der Waals surface area contributed by atoms with Gasteiger partial charge in [0.25, 0.3) is 0 Å². The Balaban J connectivity index is 2.70. The molecule has 0 fully saturated rings. The molecule has 0 saturated carbocycles. The molecule has 0 spiro atoms. The third kappa shape index (κ3) is 2.79. The zero-order valence-corrected chi connectivity index (χ0v) is 11.6. The molecule has 1 N–H and O–H groups in total. The molecule has 2 rings (SSSR count). The second-order valence-electron chi connectivity index (χ2n) is 4.75. The molecule has 2 nitrogen and oxygen atoms in total. The maximum absolute atomic E-state index is 11.2. The second-order valence-corrected chi connectivity index (χ2v) is 5.15. The molecule has 0 aliphatic carbocycles. The number of halogens is 1. The Morgan fingerprint density at radius 2 is 1.79 bits per heavy atom. The van der Waals surface area contributed by atoms with E-state index in [1.54, 1.807) is 12.1 Å². The van der Waals surface area contributed by atoms with Crippen LogP contribution < -0.4 is 0 Å². The third-order valence-electron chi connectivity index (χ3n) is 3.08. The second kappa shape index (κ2) is 5.45. The van der Waals surface area contributed by atoms with Crippen molar-refractivity contribution in [2.24, 2.45) is 0 Å². The molecular formula is C16H15ClO2.